The Labute approximate surface area is 97.0 Å². The van der Waals surface area contributed by atoms with Gasteiger partial charge < -0.3 is 20.0 Å². The minimum Gasteiger partial charge on any atom is -0.446 e. The van der Waals surface area contributed by atoms with E-state index in [0.29, 0.717) is 0 Å². The minimum absolute atomic E-state index is 0.887. The lowest BCUT2D eigenvalue weighted by Gasteiger charge is -2.26. The average Bonchev–Trinajstić information content (AvgIpc) is 2.72. The summed E-state index contributed by atoms with van der Waals surface area (Å²) in [6, 6.07) is 3.97. The summed E-state index contributed by atoms with van der Waals surface area (Å²) in [6.07, 6.45) is 1.17. The zero-order valence-electron chi connectivity index (χ0n) is 9.96. The first kappa shape index (κ1) is 11.5. The maximum Gasteiger partial charge on any atom is 0.193 e. The predicted octanol–water partition coefficient (Wildman–Crippen LogP) is 1.30. The summed E-state index contributed by atoms with van der Waals surface area (Å²) in [5.41, 5.74) is 0. The first-order chi connectivity index (χ1) is 7.84. The lowest BCUT2D eigenvalue weighted by Crippen LogP contribution is -2.44. The van der Waals surface area contributed by atoms with E-state index in [0.717, 1.165) is 31.3 Å². The van der Waals surface area contributed by atoms with E-state index in [4.69, 9.17) is 4.42 Å². The molecule has 1 aliphatic heterocycles. The van der Waals surface area contributed by atoms with Gasteiger partial charge in [0.25, 0.3) is 0 Å². The number of piperazine rings is 1. The number of hydrogen-bond donors (Lipinski definition) is 2. The fourth-order valence-electron chi connectivity index (χ4n) is 1.98. The minimum atomic E-state index is 0.887. The molecule has 2 N–H and O–H groups in total. The second kappa shape index (κ2) is 5.92. The SMILES string of the molecule is Cc1ccc(NCCCN2CCNCC2)o1. The largest absolute Gasteiger partial charge is 0.446 e. The van der Waals surface area contributed by atoms with Gasteiger partial charge in [0.2, 0.25) is 0 Å². The Balaban J connectivity index is 1.57. The van der Waals surface area contributed by atoms with Crippen LogP contribution in [0, 0.1) is 6.92 Å². The van der Waals surface area contributed by atoms with Crippen LogP contribution in [0.1, 0.15) is 12.2 Å². The zero-order chi connectivity index (χ0) is 11.2. The predicted molar refractivity (Wildman–Crippen MR) is 65.9 cm³/mol. The van der Waals surface area contributed by atoms with Crippen molar-refractivity contribution in [2.75, 3.05) is 44.6 Å². The Morgan fingerprint density at radius 3 is 2.88 bits per heavy atom. The number of furan rings is 1. The number of nitrogens with one attached hydrogen (secondary N) is 2. The van der Waals surface area contributed by atoms with Crippen molar-refractivity contribution >= 4 is 5.88 Å². The summed E-state index contributed by atoms with van der Waals surface area (Å²) in [7, 11) is 0. The van der Waals surface area contributed by atoms with Crippen LogP contribution in [0.5, 0.6) is 0 Å². The molecule has 0 saturated carbocycles. The quantitative estimate of drug-likeness (QED) is 0.738. The van der Waals surface area contributed by atoms with Crippen LogP contribution in [-0.2, 0) is 0 Å². The van der Waals surface area contributed by atoms with Gasteiger partial charge in [-0.2, -0.15) is 0 Å². The summed E-state index contributed by atoms with van der Waals surface area (Å²) in [5, 5.41) is 6.66. The van der Waals surface area contributed by atoms with Crippen molar-refractivity contribution < 1.29 is 4.42 Å². The molecule has 0 aromatic carbocycles. The highest BCUT2D eigenvalue weighted by Crippen LogP contribution is 2.11. The molecule has 4 nitrogen and oxygen atoms in total. The summed E-state index contributed by atoms with van der Waals surface area (Å²) >= 11 is 0. The summed E-state index contributed by atoms with van der Waals surface area (Å²) < 4.78 is 5.44. The molecule has 0 amide bonds. The number of hydrogen-bond acceptors (Lipinski definition) is 4. The topological polar surface area (TPSA) is 40.4 Å². The van der Waals surface area contributed by atoms with Gasteiger partial charge >= 0.3 is 0 Å². The van der Waals surface area contributed by atoms with Gasteiger partial charge in [0.15, 0.2) is 5.88 Å². The maximum absolute atomic E-state index is 5.44. The normalized spacial score (nSPS) is 17.6. The van der Waals surface area contributed by atoms with Gasteiger partial charge in [-0.1, -0.05) is 0 Å². The Morgan fingerprint density at radius 1 is 1.38 bits per heavy atom. The van der Waals surface area contributed by atoms with Gasteiger partial charge in [0.1, 0.15) is 5.76 Å². The number of aryl methyl sites for hydroxylation is 1. The summed E-state index contributed by atoms with van der Waals surface area (Å²) in [6.45, 7) is 8.74. The lowest BCUT2D eigenvalue weighted by molar-refractivity contribution is 0.240. The fourth-order valence-corrected chi connectivity index (χ4v) is 1.98. The van der Waals surface area contributed by atoms with Gasteiger partial charge in [-0.3, -0.25) is 0 Å². The van der Waals surface area contributed by atoms with Gasteiger partial charge in [0, 0.05) is 38.8 Å². The van der Waals surface area contributed by atoms with Crippen molar-refractivity contribution in [1.82, 2.24) is 10.2 Å². The molecule has 0 spiro atoms. The Bertz CT molecular complexity index is 305. The molecule has 2 rings (SSSR count). The highest BCUT2D eigenvalue weighted by Gasteiger charge is 2.08. The summed E-state index contributed by atoms with van der Waals surface area (Å²) in [4.78, 5) is 2.51. The van der Waals surface area contributed by atoms with Crippen molar-refractivity contribution in [3.63, 3.8) is 0 Å². The Kier molecular flexibility index (Phi) is 4.25. The van der Waals surface area contributed by atoms with E-state index in [1.54, 1.807) is 0 Å². The van der Waals surface area contributed by atoms with Gasteiger partial charge in [-0.05, 0) is 26.0 Å². The van der Waals surface area contributed by atoms with Gasteiger partial charge in [-0.25, -0.2) is 0 Å². The van der Waals surface area contributed by atoms with Crippen molar-refractivity contribution in [3.8, 4) is 0 Å². The van der Waals surface area contributed by atoms with Crippen LogP contribution in [0.25, 0.3) is 0 Å². The van der Waals surface area contributed by atoms with Crippen LogP contribution in [0.15, 0.2) is 16.5 Å². The molecule has 0 aliphatic carbocycles. The van der Waals surface area contributed by atoms with Crippen molar-refractivity contribution in [2.24, 2.45) is 0 Å². The molecule has 0 unspecified atom stereocenters. The summed E-state index contributed by atoms with van der Waals surface area (Å²) in [5.74, 6) is 1.85. The standard InChI is InChI=1S/C12H21N3O/c1-11-3-4-12(16-11)14-5-2-8-15-9-6-13-7-10-15/h3-4,13-14H,2,5-10H2,1H3. The average molecular weight is 223 g/mol. The van der Waals surface area contributed by atoms with Gasteiger partial charge in [-0.15, -0.1) is 0 Å². The van der Waals surface area contributed by atoms with Crippen LogP contribution in [0.4, 0.5) is 5.88 Å². The smallest absolute Gasteiger partial charge is 0.193 e. The molecule has 0 radical (unpaired) electrons. The third-order valence-electron chi connectivity index (χ3n) is 2.90. The van der Waals surface area contributed by atoms with E-state index in [1.807, 2.05) is 19.1 Å². The van der Waals surface area contributed by atoms with Gasteiger partial charge in [0.05, 0.1) is 0 Å². The number of anilines is 1. The van der Waals surface area contributed by atoms with Crippen LogP contribution < -0.4 is 10.6 Å². The van der Waals surface area contributed by atoms with Crippen molar-refractivity contribution in [3.05, 3.63) is 17.9 Å². The van der Waals surface area contributed by atoms with E-state index < -0.39 is 0 Å². The molecule has 0 bridgehead atoms. The molecule has 1 saturated heterocycles. The van der Waals surface area contributed by atoms with E-state index >= 15 is 0 Å². The Morgan fingerprint density at radius 2 is 2.19 bits per heavy atom. The highest BCUT2D eigenvalue weighted by molar-refractivity contribution is 5.31. The Hall–Kier alpha value is -1.00. The molecule has 16 heavy (non-hydrogen) atoms. The number of nitrogens with zero attached hydrogens (tertiary/aromatic N) is 1. The third kappa shape index (κ3) is 3.54. The lowest BCUT2D eigenvalue weighted by atomic mass is 10.3. The second-order valence-electron chi connectivity index (χ2n) is 4.28. The van der Waals surface area contributed by atoms with E-state index in [1.165, 1.54) is 26.1 Å². The first-order valence-corrected chi connectivity index (χ1v) is 6.08. The molecular formula is C12H21N3O. The molecular weight excluding hydrogens is 202 g/mol. The van der Waals surface area contributed by atoms with Crippen molar-refractivity contribution in [2.45, 2.75) is 13.3 Å². The molecule has 1 aromatic heterocycles. The molecule has 1 aromatic rings. The monoisotopic (exact) mass is 223 g/mol. The van der Waals surface area contributed by atoms with Crippen molar-refractivity contribution in [1.29, 1.82) is 0 Å². The zero-order valence-corrected chi connectivity index (χ0v) is 9.96. The van der Waals surface area contributed by atoms with E-state index in [2.05, 4.69) is 15.5 Å². The number of rotatable bonds is 5. The fraction of sp³-hybridized carbons (Fsp3) is 0.667. The third-order valence-corrected chi connectivity index (χ3v) is 2.90. The van der Waals surface area contributed by atoms with E-state index in [9.17, 15) is 0 Å². The van der Waals surface area contributed by atoms with E-state index in [-0.39, 0.29) is 0 Å². The molecule has 90 valence electrons. The van der Waals surface area contributed by atoms with Crippen LogP contribution in [-0.4, -0.2) is 44.2 Å². The van der Waals surface area contributed by atoms with Crippen LogP contribution in [0.3, 0.4) is 0 Å². The molecule has 4 heteroatoms. The molecule has 1 aliphatic rings. The molecule has 1 fully saturated rings. The molecule has 0 atom stereocenters. The second-order valence-corrected chi connectivity index (χ2v) is 4.28. The molecule has 2 heterocycles. The highest BCUT2D eigenvalue weighted by atomic mass is 16.4. The first-order valence-electron chi connectivity index (χ1n) is 6.08. The van der Waals surface area contributed by atoms with Crippen LogP contribution >= 0.6 is 0 Å². The van der Waals surface area contributed by atoms with Crippen LogP contribution in [0.2, 0.25) is 0 Å². The maximum atomic E-state index is 5.44.